The number of hydrogen-bond donors (Lipinski definition) is 5. The molecule has 6 unspecified atom stereocenters. The molecule has 4 aliphatic rings. The summed E-state index contributed by atoms with van der Waals surface area (Å²) in [4.78, 5) is 55.3. The van der Waals surface area contributed by atoms with Crippen molar-refractivity contribution in [3.63, 3.8) is 0 Å². The van der Waals surface area contributed by atoms with Crippen molar-refractivity contribution in [2.75, 3.05) is 14.1 Å². The number of esters is 1. The van der Waals surface area contributed by atoms with Gasteiger partial charge in [0.2, 0.25) is 5.78 Å². The molecule has 5 rings (SSSR count). The first-order chi connectivity index (χ1) is 19.3. The summed E-state index contributed by atoms with van der Waals surface area (Å²) in [6, 6.07) is 3.19. The predicted molar refractivity (Wildman–Crippen MR) is 145 cm³/mol. The first kappa shape index (κ1) is 28.8. The second-order valence-electron chi connectivity index (χ2n) is 11.9. The van der Waals surface area contributed by atoms with Crippen molar-refractivity contribution >= 4 is 29.2 Å². The molecule has 220 valence electrons. The molecule has 1 amide bonds. The minimum Gasteiger partial charge on any atom is -0.508 e. The van der Waals surface area contributed by atoms with E-state index in [1.54, 1.807) is 19.1 Å². The SMILES string of the molecule is CC1c2cccc(O)c2C(O)=C2C(=O)C3(O)C(O)=C(C(N)=O)C(=O)C(N(C)C)C3C(OC(=O)C3CCCCCC3)C21. The van der Waals surface area contributed by atoms with Crippen molar-refractivity contribution in [1.82, 2.24) is 4.90 Å². The third-order valence-electron chi connectivity index (χ3n) is 9.41. The van der Waals surface area contributed by atoms with E-state index in [1.807, 2.05) is 0 Å². The standard InChI is InChI=1S/C30H36N2O9/c1-13-15-11-8-12-16(33)18(15)23(34)19-17(13)25(41-29(39)14-9-6-4-5-7-10-14)21-22(32(2)3)24(35)20(28(31)38)27(37)30(21,40)26(19)36/h8,11-14,17,21-22,25,33-34,37,40H,4-7,9-10H2,1-3H3,(H2,31,38). The highest BCUT2D eigenvalue weighted by molar-refractivity contribution is 6.24. The molecule has 1 aromatic carbocycles. The second-order valence-corrected chi connectivity index (χ2v) is 11.9. The zero-order valence-corrected chi connectivity index (χ0v) is 23.3. The molecule has 0 heterocycles. The molecule has 0 spiro atoms. The van der Waals surface area contributed by atoms with Crippen LogP contribution in [0.3, 0.4) is 0 Å². The molecule has 6 atom stereocenters. The van der Waals surface area contributed by atoms with Crippen LogP contribution in [0.5, 0.6) is 5.75 Å². The number of phenolic OH excluding ortho intramolecular Hbond substituents is 1. The Morgan fingerprint density at radius 3 is 2.27 bits per heavy atom. The highest BCUT2D eigenvalue weighted by Gasteiger charge is 2.69. The van der Waals surface area contributed by atoms with Gasteiger partial charge < -0.3 is 30.9 Å². The summed E-state index contributed by atoms with van der Waals surface area (Å²) in [6.45, 7) is 1.74. The number of aliphatic hydroxyl groups is 3. The van der Waals surface area contributed by atoms with E-state index in [1.165, 1.54) is 25.1 Å². The van der Waals surface area contributed by atoms with Crippen LogP contribution in [0, 0.1) is 17.8 Å². The van der Waals surface area contributed by atoms with Crippen molar-refractivity contribution < 1.29 is 44.3 Å². The molecule has 0 aromatic heterocycles. The van der Waals surface area contributed by atoms with Gasteiger partial charge >= 0.3 is 5.97 Å². The number of fused-ring (bicyclic) bond motifs is 3. The molecule has 0 radical (unpaired) electrons. The van der Waals surface area contributed by atoms with E-state index in [0.29, 0.717) is 18.4 Å². The normalized spacial score (nSPS) is 32.3. The summed E-state index contributed by atoms with van der Waals surface area (Å²) < 4.78 is 6.19. The number of nitrogens with zero attached hydrogens (tertiary/aromatic N) is 1. The number of aliphatic hydroxyl groups excluding tert-OH is 2. The lowest BCUT2D eigenvalue weighted by Crippen LogP contribution is -2.71. The molecule has 41 heavy (non-hydrogen) atoms. The summed E-state index contributed by atoms with van der Waals surface area (Å²) in [6.07, 6.45) is 3.43. The van der Waals surface area contributed by atoms with E-state index in [-0.39, 0.29) is 16.9 Å². The van der Waals surface area contributed by atoms with Gasteiger partial charge in [0.15, 0.2) is 11.4 Å². The number of nitrogens with two attached hydrogens (primary N) is 1. The molecule has 2 fully saturated rings. The second kappa shape index (κ2) is 10.3. The minimum atomic E-state index is -2.94. The van der Waals surface area contributed by atoms with Crippen molar-refractivity contribution in [3.05, 3.63) is 46.2 Å². The highest BCUT2D eigenvalue weighted by atomic mass is 16.5. The Morgan fingerprint density at radius 1 is 1.05 bits per heavy atom. The van der Waals surface area contributed by atoms with Crippen LogP contribution in [-0.4, -0.2) is 80.6 Å². The van der Waals surface area contributed by atoms with Crippen molar-refractivity contribution in [2.24, 2.45) is 23.5 Å². The van der Waals surface area contributed by atoms with Gasteiger partial charge in [-0.2, -0.15) is 0 Å². The lowest BCUT2D eigenvalue weighted by Gasteiger charge is -2.54. The number of phenols is 1. The molecule has 4 aliphatic carbocycles. The predicted octanol–water partition coefficient (Wildman–Crippen LogP) is 2.02. The summed E-state index contributed by atoms with van der Waals surface area (Å²) in [5.74, 6) is -9.84. The summed E-state index contributed by atoms with van der Waals surface area (Å²) >= 11 is 0. The fourth-order valence-corrected chi connectivity index (χ4v) is 7.43. The number of ketones is 2. The molecule has 0 saturated heterocycles. The molecule has 0 bridgehead atoms. The van der Waals surface area contributed by atoms with Crippen LogP contribution in [0.4, 0.5) is 0 Å². The fourth-order valence-electron chi connectivity index (χ4n) is 7.43. The van der Waals surface area contributed by atoms with E-state index < -0.39 is 82.0 Å². The Morgan fingerprint density at radius 2 is 1.68 bits per heavy atom. The molecular weight excluding hydrogens is 532 g/mol. The maximum atomic E-state index is 14.3. The average molecular weight is 569 g/mol. The number of ether oxygens (including phenoxy) is 1. The Balaban J connectivity index is 1.78. The third-order valence-corrected chi connectivity index (χ3v) is 9.41. The number of rotatable bonds is 4. The Bertz CT molecular complexity index is 1390. The minimum absolute atomic E-state index is 0.0230. The molecule has 11 heteroatoms. The highest BCUT2D eigenvalue weighted by Crippen LogP contribution is 2.57. The van der Waals surface area contributed by atoms with Crippen LogP contribution in [0.1, 0.15) is 62.5 Å². The summed E-state index contributed by atoms with van der Waals surface area (Å²) in [5.41, 5.74) is 1.64. The largest absolute Gasteiger partial charge is 0.508 e. The number of primary amides is 1. The van der Waals surface area contributed by atoms with E-state index in [9.17, 15) is 39.6 Å². The first-order valence-electron chi connectivity index (χ1n) is 14.0. The maximum Gasteiger partial charge on any atom is 0.309 e. The van der Waals surface area contributed by atoms with Crippen LogP contribution in [0.25, 0.3) is 5.76 Å². The Kier molecular flexibility index (Phi) is 7.23. The molecule has 0 aliphatic heterocycles. The van der Waals surface area contributed by atoms with Gasteiger partial charge in [-0.15, -0.1) is 0 Å². The van der Waals surface area contributed by atoms with Gasteiger partial charge in [0.25, 0.3) is 5.91 Å². The molecule has 11 nitrogen and oxygen atoms in total. The van der Waals surface area contributed by atoms with Gasteiger partial charge in [0, 0.05) is 11.5 Å². The zero-order valence-electron chi connectivity index (χ0n) is 23.3. The van der Waals surface area contributed by atoms with E-state index in [0.717, 1.165) is 25.7 Å². The Labute approximate surface area is 237 Å². The topological polar surface area (TPSA) is 188 Å². The monoisotopic (exact) mass is 568 g/mol. The first-order valence-corrected chi connectivity index (χ1v) is 14.0. The van der Waals surface area contributed by atoms with Crippen LogP contribution >= 0.6 is 0 Å². The third kappa shape index (κ3) is 4.16. The smallest absolute Gasteiger partial charge is 0.309 e. The molecular formula is C30H36N2O9. The average Bonchev–Trinajstić information content (AvgIpc) is 3.20. The van der Waals surface area contributed by atoms with E-state index in [4.69, 9.17) is 10.5 Å². The number of aromatic hydroxyl groups is 1. The van der Waals surface area contributed by atoms with Crippen LogP contribution in [0.15, 0.2) is 35.1 Å². The van der Waals surface area contributed by atoms with Gasteiger partial charge in [0.05, 0.1) is 23.4 Å². The molecule has 2 saturated carbocycles. The summed E-state index contributed by atoms with van der Waals surface area (Å²) in [7, 11) is 3.00. The van der Waals surface area contributed by atoms with Crippen molar-refractivity contribution in [2.45, 2.75) is 69.1 Å². The number of benzene rings is 1. The maximum absolute atomic E-state index is 14.3. The lowest BCUT2D eigenvalue weighted by atomic mass is 9.54. The van der Waals surface area contributed by atoms with Gasteiger partial charge in [-0.3, -0.25) is 24.1 Å². The van der Waals surface area contributed by atoms with E-state index in [2.05, 4.69) is 0 Å². The van der Waals surface area contributed by atoms with Crippen LogP contribution in [0.2, 0.25) is 0 Å². The van der Waals surface area contributed by atoms with Crippen LogP contribution in [-0.2, 0) is 23.9 Å². The number of hydrogen-bond acceptors (Lipinski definition) is 10. The number of amides is 1. The molecule has 1 aromatic rings. The van der Waals surface area contributed by atoms with Crippen molar-refractivity contribution in [3.8, 4) is 5.75 Å². The van der Waals surface area contributed by atoms with Crippen LogP contribution < -0.4 is 5.73 Å². The lowest BCUT2D eigenvalue weighted by molar-refractivity contribution is -0.188. The summed E-state index contributed by atoms with van der Waals surface area (Å²) in [5, 5.41) is 45.4. The van der Waals surface area contributed by atoms with Crippen molar-refractivity contribution in [1.29, 1.82) is 0 Å². The zero-order chi connectivity index (χ0) is 30.0. The van der Waals surface area contributed by atoms with Gasteiger partial charge in [-0.25, -0.2) is 0 Å². The fraction of sp³-hybridized carbons (Fsp3) is 0.533. The quantitative estimate of drug-likeness (QED) is 0.204. The molecule has 6 N–H and O–H groups in total. The van der Waals surface area contributed by atoms with Gasteiger partial charge in [0.1, 0.15) is 28.9 Å². The Hall–Kier alpha value is -3.70. The number of carbonyl (C=O) groups is 4. The number of Topliss-reactive ketones (excluding diaryl/α,β-unsaturated/α-hetero) is 2. The van der Waals surface area contributed by atoms with E-state index >= 15 is 0 Å². The number of carbonyl (C=O) groups excluding carboxylic acids is 4. The van der Waals surface area contributed by atoms with Gasteiger partial charge in [-0.1, -0.05) is 44.7 Å². The number of likely N-dealkylation sites (N-methyl/N-ethyl adjacent to an activating group) is 1. The van der Waals surface area contributed by atoms with Gasteiger partial charge in [-0.05, 0) is 44.5 Å².